The van der Waals surface area contributed by atoms with Crippen LogP contribution in [0.3, 0.4) is 0 Å². The summed E-state index contributed by atoms with van der Waals surface area (Å²) in [4.78, 5) is 0. The molecule has 2 aliphatic carbocycles. The Bertz CT molecular complexity index is 415. The molecule has 1 aromatic rings. The van der Waals surface area contributed by atoms with Gasteiger partial charge < -0.3 is 5.32 Å². The van der Waals surface area contributed by atoms with E-state index in [1.165, 1.54) is 44.1 Å². The quantitative estimate of drug-likeness (QED) is 0.796. The first-order valence-electron chi connectivity index (χ1n) is 8.07. The Labute approximate surface area is 117 Å². The first-order chi connectivity index (χ1) is 9.26. The van der Waals surface area contributed by atoms with Gasteiger partial charge in [0.25, 0.3) is 0 Å². The molecule has 19 heavy (non-hydrogen) atoms. The third-order valence-electron chi connectivity index (χ3n) is 5.05. The van der Waals surface area contributed by atoms with E-state index < -0.39 is 0 Å². The lowest BCUT2D eigenvalue weighted by atomic mass is 9.74. The van der Waals surface area contributed by atoms with Crippen LogP contribution in [0, 0.1) is 12.8 Å². The highest BCUT2D eigenvalue weighted by Gasteiger charge is 2.33. The lowest BCUT2D eigenvalue weighted by molar-refractivity contribution is 0.252. The van der Waals surface area contributed by atoms with E-state index in [1.807, 2.05) is 0 Å². The van der Waals surface area contributed by atoms with Crippen LogP contribution >= 0.6 is 0 Å². The van der Waals surface area contributed by atoms with Crippen LogP contribution in [-0.2, 0) is 0 Å². The standard InChI is InChI=1S/C18H27N/c1-3-16(10-14-8-9-14)19-17-11-15(12-17)18-7-5-4-6-13(18)2/h4-7,14-17,19H,3,8-12H2,1-2H3. The second-order valence-electron chi connectivity index (χ2n) is 6.67. The Morgan fingerprint density at radius 1 is 1.21 bits per heavy atom. The van der Waals surface area contributed by atoms with Gasteiger partial charge in [-0.1, -0.05) is 44.0 Å². The Balaban J connectivity index is 1.48. The van der Waals surface area contributed by atoms with Crippen LogP contribution in [0.15, 0.2) is 24.3 Å². The third-order valence-corrected chi connectivity index (χ3v) is 5.05. The van der Waals surface area contributed by atoms with Gasteiger partial charge in [-0.3, -0.25) is 0 Å². The lowest BCUT2D eigenvalue weighted by Gasteiger charge is -2.39. The molecule has 3 rings (SSSR count). The van der Waals surface area contributed by atoms with Crippen LogP contribution in [0.5, 0.6) is 0 Å². The second kappa shape index (κ2) is 5.66. The van der Waals surface area contributed by atoms with Gasteiger partial charge in [-0.25, -0.2) is 0 Å². The zero-order valence-corrected chi connectivity index (χ0v) is 12.4. The molecule has 0 spiro atoms. The van der Waals surface area contributed by atoms with Gasteiger partial charge in [0.15, 0.2) is 0 Å². The minimum atomic E-state index is 0.772. The molecule has 1 heteroatoms. The molecule has 0 radical (unpaired) electrons. The van der Waals surface area contributed by atoms with Gasteiger partial charge in [0.2, 0.25) is 0 Å². The van der Waals surface area contributed by atoms with Crippen LogP contribution in [0.25, 0.3) is 0 Å². The maximum absolute atomic E-state index is 3.89. The molecule has 2 aliphatic rings. The highest BCUT2D eigenvalue weighted by Crippen LogP contribution is 2.39. The monoisotopic (exact) mass is 257 g/mol. The van der Waals surface area contributed by atoms with Crippen LogP contribution in [0.1, 0.15) is 62.5 Å². The first kappa shape index (κ1) is 13.2. The summed E-state index contributed by atoms with van der Waals surface area (Å²) in [7, 11) is 0. The SMILES string of the molecule is CCC(CC1CC1)NC1CC(c2ccccc2C)C1. The van der Waals surface area contributed by atoms with E-state index in [0.717, 1.165) is 23.9 Å². The summed E-state index contributed by atoms with van der Waals surface area (Å²) in [5.74, 6) is 1.85. The lowest BCUT2D eigenvalue weighted by Crippen LogP contribution is -2.45. The van der Waals surface area contributed by atoms with Gasteiger partial charge in [-0.05, 0) is 55.6 Å². The molecule has 1 unspecified atom stereocenters. The predicted molar refractivity (Wildman–Crippen MR) is 81.5 cm³/mol. The summed E-state index contributed by atoms with van der Waals surface area (Å²) < 4.78 is 0. The Kier molecular flexibility index (Phi) is 3.93. The van der Waals surface area contributed by atoms with E-state index in [4.69, 9.17) is 0 Å². The zero-order chi connectivity index (χ0) is 13.2. The number of hydrogen-bond donors (Lipinski definition) is 1. The van der Waals surface area contributed by atoms with Gasteiger partial charge in [-0.15, -0.1) is 0 Å². The summed E-state index contributed by atoms with van der Waals surface area (Å²) in [6.45, 7) is 4.58. The van der Waals surface area contributed by atoms with Gasteiger partial charge in [0, 0.05) is 12.1 Å². The van der Waals surface area contributed by atoms with Crippen molar-refractivity contribution < 1.29 is 0 Å². The van der Waals surface area contributed by atoms with Crippen molar-refractivity contribution in [3.8, 4) is 0 Å². The van der Waals surface area contributed by atoms with Crippen molar-refractivity contribution in [3.63, 3.8) is 0 Å². The van der Waals surface area contributed by atoms with Crippen LogP contribution < -0.4 is 5.32 Å². The maximum atomic E-state index is 3.89. The van der Waals surface area contributed by atoms with E-state index in [9.17, 15) is 0 Å². The van der Waals surface area contributed by atoms with Gasteiger partial charge in [0.1, 0.15) is 0 Å². The molecule has 0 heterocycles. The molecule has 0 aliphatic heterocycles. The highest BCUT2D eigenvalue weighted by atomic mass is 15.0. The van der Waals surface area contributed by atoms with Crippen molar-refractivity contribution in [3.05, 3.63) is 35.4 Å². The molecule has 104 valence electrons. The van der Waals surface area contributed by atoms with Crippen molar-refractivity contribution in [1.29, 1.82) is 0 Å². The van der Waals surface area contributed by atoms with E-state index in [0.29, 0.717) is 0 Å². The first-order valence-corrected chi connectivity index (χ1v) is 8.07. The molecule has 1 nitrogen and oxygen atoms in total. The molecule has 2 saturated carbocycles. The fourth-order valence-corrected chi connectivity index (χ4v) is 3.49. The average molecular weight is 257 g/mol. The number of aryl methyl sites for hydroxylation is 1. The zero-order valence-electron chi connectivity index (χ0n) is 12.4. The fraction of sp³-hybridized carbons (Fsp3) is 0.667. The molecular formula is C18H27N. The molecule has 0 saturated heterocycles. The molecule has 1 N–H and O–H groups in total. The summed E-state index contributed by atoms with van der Waals surface area (Å²) in [6.07, 6.45) is 8.35. The van der Waals surface area contributed by atoms with E-state index in [2.05, 4.69) is 43.4 Å². The van der Waals surface area contributed by atoms with Crippen molar-refractivity contribution >= 4 is 0 Å². The van der Waals surface area contributed by atoms with Gasteiger partial charge >= 0.3 is 0 Å². The molecule has 0 amide bonds. The Morgan fingerprint density at radius 2 is 1.95 bits per heavy atom. The second-order valence-corrected chi connectivity index (χ2v) is 6.67. The number of benzene rings is 1. The molecule has 1 aromatic carbocycles. The number of hydrogen-bond acceptors (Lipinski definition) is 1. The van der Waals surface area contributed by atoms with Crippen molar-refractivity contribution in [1.82, 2.24) is 5.32 Å². The predicted octanol–water partition coefficient (Wildman–Crippen LogP) is 4.41. The molecule has 2 fully saturated rings. The smallest absolute Gasteiger partial charge is 0.00813 e. The fourth-order valence-electron chi connectivity index (χ4n) is 3.49. The summed E-state index contributed by atoms with van der Waals surface area (Å²) >= 11 is 0. The van der Waals surface area contributed by atoms with Gasteiger partial charge in [0.05, 0.1) is 0 Å². The van der Waals surface area contributed by atoms with E-state index in [1.54, 1.807) is 5.56 Å². The largest absolute Gasteiger partial charge is 0.311 e. The van der Waals surface area contributed by atoms with E-state index >= 15 is 0 Å². The summed E-state index contributed by atoms with van der Waals surface area (Å²) in [5.41, 5.74) is 3.05. The summed E-state index contributed by atoms with van der Waals surface area (Å²) in [6, 6.07) is 10.4. The van der Waals surface area contributed by atoms with Crippen molar-refractivity contribution in [2.45, 2.75) is 70.4 Å². The topological polar surface area (TPSA) is 12.0 Å². The molecule has 0 aromatic heterocycles. The third kappa shape index (κ3) is 3.20. The normalized spacial score (nSPS) is 27.9. The summed E-state index contributed by atoms with van der Waals surface area (Å²) in [5, 5.41) is 3.89. The maximum Gasteiger partial charge on any atom is 0.00813 e. The number of rotatable bonds is 6. The minimum Gasteiger partial charge on any atom is -0.311 e. The minimum absolute atomic E-state index is 0.772. The van der Waals surface area contributed by atoms with Crippen LogP contribution in [0.4, 0.5) is 0 Å². The molecular weight excluding hydrogens is 230 g/mol. The van der Waals surface area contributed by atoms with Crippen molar-refractivity contribution in [2.24, 2.45) is 5.92 Å². The molecule has 0 bridgehead atoms. The van der Waals surface area contributed by atoms with Crippen LogP contribution in [0.2, 0.25) is 0 Å². The van der Waals surface area contributed by atoms with E-state index in [-0.39, 0.29) is 0 Å². The number of nitrogens with one attached hydrogen (secondary N) is 1. The van der Waals surface area contributed by atoms with Crippen molar-refractivity contribution in [2.75, 3.05) is 0 Å². The highest BCUT2D eigenvalue weighted by molar-refractivity contribution is 5.31. The van der Waals surface area contributed by atoms with Gasteiger partial charge in [-0.2, -0.15) is 0 Å². The Hall–Kier alpha value is -0.820. The Morgan fingerprint density at radius 3 is 2.58 bits per heavy atom. The van der Waals surface area contributed by atoms with Crippen LogP contribution in [-0.4, -0.2) is 12.1 Å². The molecule has 1 atom stereocenters. The average Bonchev–Trinajstić information content (AvgIpc) is 3.17.